The minimum Gasteiger partial charge on any atom is -0.273 e. The summed E-state index contributed by atoms with van der Waals surface area (Å²) in [6.07, 6.45) is 7.59. The molecule has 4 fully saturated rings. The molecule has 0 spiro atoms. The normalized spacial score (nSPS) is 32.5. The van der Waals surface area contributed by atoms with Crippen LogP contribution in [-0.4, -0.2) is 11.8 Å². The van der Waals surface area contributed by atoms with Gasteiger partial charge in [0.15, 0.2) is 0 Å². The van der Waals surface area contributed by atoms with E-state index < -0.39 is 23.1 Å². The van der Waals surface area contributed by atoms with Crippen LogP contribution >= 0.6 is 0 Å². The molecule has 0 saturated heterocycles. The number of rotatable bonds is 3. The zero-order valence-corrected chi connectivity index (χ0v) is 14.0. The summed E-state index contributed by atoms with van der Waals surface area (Å²) < 4.78 is 26.8. The second kappa shape index (κ2) is 6.07. The van der Waals surface area contributed by atoms with Crippen molar-refractivity contribution < 1.29 is 18.4 Å². The van der Waals surface area contributed by atoms with Gasteiger partial charge in [-0.2, -0.15) is 0 Å². The number of hydrogen-bond donors (Lipinski definition) is 2. The Morgan fingerprint density at radius 2 is 1.60 bits per heavy atom. The standard InChI is InChI=1S/C19H22F2N2O2/c20-14-1-2-16(21)15(6-14)18(25)23-22-17(24)10-19-7-11-3-12(8-19)5-13(4-11)9-19/h1-2,6,11-13H,3-5,7-10H2,(H,22,24)(H,23,25). The number of benzene rings is 1. The maximum absolute atomic E-state index is 13.6. The molecule has 0 heterocycles. The molecule has 134 valence electrons. The van der Waals surface area contributed by atoms with E-state index >= 15 is 0 Å². The molecule has 1 aromatic rings. The summed E-state index contributed by atoms with van der Waals surface area (Å²) in [7, 11) is 0. The smallest absolute Gasteiger partial charge is 0.272 e. The molecule has 2 amide bonds. The van der Waals surface area contributed by atoms with E-state index in [9.17, 15) is 18.4 Å². The molecule has 4 nitrogen and oxygen atoms in total. The van der Waals surface area contributed by atoms with Gasteiger partial charge in [0.1, 0.15) is 11.6 Å². The lowest BCUT2D eigenvalue weighted by Gasteiger charge is -2.56. The van der Waals surface area contributed by atoms with Crippen LogP contribution < -0.4 is 10.9 Å². The van der Waals surface area contributed by atoms with Gasteiger partial charge in [0.05, 0.1) is 5.56 Å². The monoisotopic (exact) mass is 348 g/mol. The van der Waals surface area contributed by atoms with Gasteiger partial charge in [-0.25, -0.2) is 8.78 Å². The molecule has 6 heteroatoms. The summed E-state index contributed by atoms with van der Waals surface area (Å²) in [5.74, 6) is -0.399. The Kier molecular flexibility index (Phi) is 4.01. The van der Waals surface area contributed by atoms with Crippen LogP contribution in [0.5, 0.6) is 0 Å². The predicted molar refractivity (Wildman–Crippen MR) is 87.2 cm³/mol. The number of nitrogens with one attached hydrogen (secondary N) is 2. The number of carbonyl (C=O) groups is 2. The van der Waals surface area contributed by atoms with Crippen LogP contribution in [0.15, 0.2) is 18.2 Å². The lowest BCUT2D eigenvalue weighted by Crippen LogP contribution is -2.50. The molecule has 4 aliphatic carbocycles. The molecule has 2 N–H and O–H groups in total. The van der Waals surface area contributed by atoms with E-state index in [-0.39, 0.29) is 11.3 Å². The van der Waals surface area contributed by atoms with Gasteiger partial charge in [0, 0.05) is 6.42 Å². The van der Waals surface area contributed by atoms with Gasteiger partial charge >= 0.3 is 0 Å². The van der Waals surface area contributed by atoms with Crippen molar-refractivity contribution >= 4 is 11.8 Å². The summed E-state index contributed by atoms with van der Waals surface area (Å²) in [5.41, 5.74) is 4.22. The fraction of sp³-hybridized carbons (Fsp3) is 0.579. The largest absolute Gasteiger partial charge is 0.273 e. The van der Waals surface area contributed by atoms with Crippen molar-refractivity contribution in [2.24, 2.45) is 23.2 Å². The van der Waals surface area contributed by atoms with Crippen LogP contribution in [0.25, 0.3) is 0 Å². The molecule has 0 radical (unpaired) electrons. The van der Waals surface area contributed by atoms with E-state index in [0.717, 1.165) is 55.2 Å². The summed E-state index contributed by atoms with van der Waals surface area (Å²) in [5, 5.41) is 0. The maximum atomic E-state index is 13.6. The minimum atomic E-state index is -0.851. The van der Waals surface area contributed by atoms with Gasteiger partial charge in [-0.15, -0.1) is 0 Å². The predicted octanol–water partition coefficient (Wildman–Crippen LogP) is 3.33. The van der Waals surface area contributed by atoms with Crippen molar-refractivity contribution in [3.63, 3.8) is 0 Å². The van der Waals surface area contributed by atoms with Crippen molar-refractivity contribution in [1.29, 1.82) is 0 Å². The molecule has 4 bridgehead atoms. The second-order valence-corrected chi connectivity index (χ2v) is 8.22. The molecule has 1 aromatic carbocycles. The SMILES string of the molecule is O=C(CC12CC3CC(CC(C3)C1)C2)NNC(=O)c1cc(F)ccc1F. The number of halogens is 2. The highest BCUT2D eigenvalue weighted by Gasteiger charge is 2.51. The first kappa shape index (κ1) is 16.5. The Hall–Kier alpha value is -1.98. The van der Waals surface area contributed by atoms with Crippen LogP contribution in [-0.2, 0) is 4.79 Å². The average molecular weight is 348 g/mol. The maximum Gasteiger partial charge on any atom is 0.272 e. The Balaban J connectivity index is 1.35. The number of hydrogen-bond acceptors (Lipinski definition) is 2. The summed E-state index contributed by atoms with van der Waals surface area (Å²) in [4.78, 5) is 24.3. The fourth-order valence-corrected chi connectivity index (χ4v) is 5.76. The van der Waals surface area contributed by atoms with Gasteiger partial charge in [-0.05, 0) is 79.9 Å². The third-order valence-corrected chi connectivity index (χ3v) is 6.19. The summed E-state index contributed by atoms with van der Waals surface area (Å²) in [6, 6.07) is 2.65. The van der Waals surface area contributed by atoms with Crippen molar-refractivity contribution in [1.82, 2.24) is 10.9 Å². The minimum absolute atomic E-state index is 0.0632. The van der Waals surface area contributed by atoms with E-state index in [1.54, 1.807) is 0 Å². The molecule has 0 aromatic heterocycles. The number of carbonyl (C=O) groups excluding carboxylic acids is 2. The quantitative estimate of drug-likeness (QED) is 0.823. The highest BCUT2D eigenvalue weighted by atomic mass is 19.1. The van der Waals surface area contributed by atoms with E-state index in [4.69, 9.17) is 0 Å². The van der Waals surface area contributed by atoms with Gasteiger partial charge in [-0.3, -0.25) is 20.4 Å². The van der Waals surface area contributed by atoms with E-state index in [1.807, 2.05) is 0 Å². The van der Waals surface area contributed by atoms with Crippen LogP contribution in [0.1, 0.15) is 55.3 Å². The molecule has 4 saturated carbocycles. The zero-order valence-electron chi connectivity index (χ0n) is 14.0. The van der Waals surface area contributed by atoms with Gasteiger partial charge < -0.3 is 0 Å². The lowest BCUT2D eigenvalue weighted by molar-refractivity contribution is -0.130. The number of hydrazine groups is 1. The highest BCUT2D eigenvalue weighted by molar-refractivity contribution is 5.95. The lowest BCUT2D eigenvalue weighted by atomic mass is 9.49. The van der Waals surface area contributed by atoms with Crippen LogP contribution in [0.3, 0.4) is 0 Å². The van der Waals surface area contributed by atoms with Crippen molar-refractivity contribution in [2.45, 2.75) is 44.9 Å². The molecule has 5 rings (SSSR count). The third-order valence-electron chi connectivity index (χ3n) is 6.19. The van der Waals surface area contributed by atoms with E-state index in [1.165, 1.54) is 19.3 Å². The molecule has 25 heavy (non-hydrogen) atoms. The van der Waals surface area contributed by atoms with Crippen LogP contribution in [0, 0.1) is 34.8 Å². The number of amides is 2. The molecular weight excluding hydrogens is 326 g/mol. The van der Waals surface area contributed by atoms with Crippen molar-refractivity contribution in [2.75, 3.05) is 0 Å². The molecular formula is C19H22F2N2O2. The van der Waals surface area contributed by atoms with Crippen molar-refractivity contribution in [3.05, 3.63) is 35.4 Å². The van der Waals surface area contributed by atoms with Crippen LogP contribution in [0.2, 0.25) is 0 Å². The Labute approximate surface area is 145 Å². The fourth-order valence-electron chi connectivity index (χ4n) is 5.76. The first-order chi connectivity index (χ1) is 11.9. The highest BCUT2D eigenvalue weighted by Crippen LogP contribution is 2.61. The van der Waals surface area contributed by atoms with Crippen molar-refractivity contribution in [3.8, 4) is 0 Å². The van der Waals surface area contributed by atoms with Gasteiger partial charge in [0.25, 0.3) is 5.91 Å². The molecule has 4 aliphatic rings. The summed E-state index contributed by atoms with van der Waals surface area (Å²) in [6.45, 7) is 0. The molecule has 0 unspecified atom stereocenters. The molecule has 0 atom stereocenters. The van der Waals surface area contributed by atoms with E-state index in [0.29, 0.717) is 6.42 Å². The van der Waals surface area contributed by atoms with Gasteiger partial charge in [0.2, 0.25) is 5.91 Å². The zero-order chi connectivity index (χ0) is 17.6. The third kappa shape index (κ3) is 3.26. The Morgan fingerprint density at radius 1 is 1.00 bits per heavy atom. The van der Waals surface area contributed by atoms with Gasteiger partial charge in [-0.1, -0.05) is 0 Å². The first-order valence-corrected chi connectivity index (χ1v) is 8.97. The molecule has 0 aliphatic heterocycles. The topological polar surface area (TPSA) is 58.2 Å². The van der Waals surface area contributed by atoms with E-state index in [2.05, 4.69) is 10.9 Å². The van der Waals surface area contributed by atoms with Crippen LogP contribution in [0.4, 0.5) is 8.78 Å². The average Bonchev–Trinajstić information content (AvgIpc) is 2.53. The summed E-state index contributed by atoms with van der Waals surface area (Å²) >= 11 is 0. The first-order valence-electron chi connectivity index (χ1n) is 8.97. The Morgan fingerprint density at radius 3 is 2.20 bits per heavy atom. The Bertz CT molecular complexity index is 684. The second-order valence-electron chi connectivity index (χ2n) is 8.22.